The Morgan fingerprint density at radius 3 is 2.68 bits per heavy atom. The van der Waals surface area contributed by atoms with Crippen LogP contribution in [0.1, 0.15) is 32.9 Å². The second-order valence-corrected chi connectivity index (χ2v) is 6.32. The van der Waals surface area contributed by atoms with Crippen molar-refractivity contribution in [2.24, 2.45) is 0 Å². The lowest BCUT2D eigenvalue weighted by Crippen LogP contribution is -2.38. The van der Waals surface area contributed by atoms with Gasteiger partial charge in [-0.3, -0.25) is 14.4 Å². The molecule has 1 aromatic heterocycles. The highest BCUT2D eigenvalue weighted by Crippen LogP contribution is 2.19. The number of hydrogen-bond donors (Lipinski definition) is 2. The number of rotatable bonds is 9. The summed E-state index contributed by atoms with van der Waals surface area (Å²) < 4.78 is 10.00. The Morgan fingerprint density at radius 2 is 2.00 bits per heavy atom. The average molecular weight is 387 g/mol. The van der Waals surface area contributed by atoms with Crippen LogP contribution in [-0.4, -0.2) is 56.5 Å². The van der Waals surface area contributed by atoms with E-state index in [1.807, 2.05) is 6.92 Å². The van der Waals surface area contributed by atoms with Gasteiger partial charge in [-0.1, -0.05) is 6.07 Å². The van der Waals surface area contributed by atoms with Gasteiger partial charge < -0.3 is 24.7 Å². The number of furan rings is 1. The molecule has 0 aliphatic carbocycles. The fourth-order valence-corrected chi connectivity index (χ4v) is 2.49. The normalized spacial score (nSPS) is 10.4. The van der Waals surface area contributed by atoms with Gasteiger partial charge in [0, 0.05) is 38.6 Å². The predicted molar refractivity (Wildman–Crippen MR) is 104 cm³/mol. The number of likely N-dealkylation sites (N-methyl/N-ethyl adjacent to an activating group) is 1. The number of carbonyl (C=O) groups is 3. The van der Waals surface area contributed by atoms with Crippen LogP contribution in [0.4, 0.5) is 5.69 Å². The molecule has 0 saturated carbocycles. The van der Waals surface area contributed by atoms with Crippen LogP contribution >= 0.6 is 0 Å². The van der Waals surface area contributed by atoms with Crippen LogP contribution in [0.2, 0.25) is 0 Å². The van der Waals surface area contributed by atoms with Crippen molar-refractivity contribution in [3.63, 3.8) is 0 Å². The van der Waals surface area contributed by atoms with Crippen LogP contribution in [0.15, 0.2) is 41.0 Å². The number of benzene rings is 1. The summed E-state index contributed by atoms with van der Waals surface area (Å²) in [5.74, 6) is -0.786. The molecule has 0 saturated heterocycles. The predicted octanol–water partition coefficient (Wildman–Crippen LogP) is 2.07. The molecule has 0 aliphatic rings. The Balaban J connectivity index is 1.99. The third-order valence-corrected chi connectivity index (χ3v) is 4.05. The molecule has 8 nitrogen and oxygen atoms in total. The van der Waals surface area contributed by atoms with Crippen molar-refractivity contribution in [1.82, 2.24) is 10.2 Å². The summed E-state index contributed by atoms with van der Waals surface area (Å²) >= 11 is 0. The SMILES string of the molecule is COCCCNC(=O)CN(C)C(=O)c1ccc(C)c(NC(=O)c2ccco2)c1. The van der Waals surface area contributed by atoms with Crippen molar-refractivity contribution in [1.29, 1.82) is 0 Å². The third-order valence-electron chi connectivity index (χ3n) is 4.05. The van der Waals surface area contributed by atoms with Crippen molar-refractivity contribution >= 4 is 23.4 Å². The van der Waals surface area contributed by atoms with Gasteiger partial charge in [0.1, 0.15) is 0 Å². The van der Waals surface area contributed by atoms with Crippen molar-refractivity contribution in [3.05, 3.63) is 53.5 Å². The molecule has 0 spiro atoms. The monoisotopic (exact) mass is 387 g/mol. The van der Waals surface area contributed by atoms with Crippen LogP contribution in [0, 0.1) is 6.92 Å². The van der Waals surface area contributed by atoms with Gasteiger partial charge in [-0.2, -0.15) is 0 Å². The molecule has 0 aliphatic heterocycles. The van der Waals surface area contributed by atoms with Gasteiger partial charge in [0.15, 0.2) is 5.76 Å². The van der Waals surface area contributed by atoms with E-state index in [2.05, 4.69) is 10.6 Å². The number of anilines is 1. The first kappa shape index (κ1) is 21.2. The first-order valence-electron chi connectivity index (χ1n) is 8.89. The van der Waals surface area contributed by atoms with Crippen molar-refractivity contribution in [2.45, 2.75) is 13.3 Å². The van der Waals surface area contributed by atoms with Gasteiger partial charge >= 0.3 is 0 Å². The van der Waals surface area contributed by atoms with E-state index in [1.165, 1.54) is 11.2 Å². The molecule has 150 valence electrons. The summed E-state index contributed by atoms with van der Waals surface area (Å²) in [6, 6.07) is 8.16. The largest absolute Gasteiger partial charge is 0.459 e. The highest BCUT2D eigenvalue weighted by Gasteiger charge is 2.17. The molecule has 0 unspecified atom stereocenters. The van der Waals surface area contributed by atoms with Gasteiger partial charge in [0.25, 0.3) is 11.8 Å². The first-order chi connectivity index (χ1) is 13.4. The lowest BCUT2D eigenvalue weighted by Gasteiger charge is -2.18. The van der Waals surface area contributed by atoms with E-state index < -0.39 is 5.91 Å². The minimum atomic E-state index is -0.401. The second kappa shape index (κ2) is 10.3. The van der Waals surface area contributed by atoms with Crippen LogP contribution in [0.5, 0.6) is 0 Å². The lowest BCUT2D eigenvalue weighted by molar-refractivity contribution is -0.121. The molecular weight excluding hydrogens is 362 g/mol. The highest BCUT2D eigenvalue weighted by atomic mass is 16.5. The Kier molecular flexibility index (Phi) is 7.76. The van der Waals surface area contributed by atoms with Crippen molar-refractivity contribution in [2.75, 3.05) is 39.2 Å². The molecule has 0 bridgehead atoms. The summed E-state index contributed by atoms with van der Waals surface area (Å²) in [4.78, 5) is 38.1. The zero-order chi connectivity index (χ0) is 20.5. The quantitative estimate of drug-likeness (QED) is 0.642. The van der Waals surface area contributed by atoms with E-state index in [0.29, 0.717) is 30.8 Å². The molecular formula is C20H25N3O5. The zero-order valence-electron chi connectivity index (χ0n) is 16.3. The molecule has 2 aromatic rings. The van der Waals surface area contributed by atoms with Crippen molar-refractivity contribution in [3.8, 4) is 0 Å². The Bertz CT molecular complexity index is 817. The molecule has 0 fully saturated rings. The number of nitrogens with zero attached hydrogens (tertiary/aromatic N) is 1. The van der Waals surface area contributed by atoms with E-state index >= 15 is 0 Å². The molecule has 3 amide bonds. The Morgan fingerprint density at radius 1 is 1.21 bits per heavy atom. The summed E-state index contributed by atoms with van der Waals surface area (Å²) in [5.41, 5.74) is 1.68. The highest BCUT2D eigenvalue weighted by molar-refractivity contribution is 6.04. The van der Waals surface area contributed by atoms with Gasteiger partial charge in [0.05, 0.1) is 12.8 Å². The lowest BCUT2D eigenvalue weighted by atomic mass is 10.1. The number of amides is 3. The molecule has 8 heteroatoms. The minimum absolute atomic E-state index is 0.0617. The first-order valence-corrected chi connectivity index (χ1v) is 8.89. The fraction of sp³-hybridized carbons (Fsp3) is 0.350. The summed E-state index contributed by atoms with van der Waals surface area (Å²) in [6.07, 6.45) is 2.12. The standard InChI is InChI=1S/C20H25N3O5/c1-14-7-8-15(12-16(14)22-19(25)17-6-4-11-28-17)20(26)23(2)13-18(24)21-9-5-10-27-3/h4,6-8,11-12H,5,9-10,13H2,1-3H3,(H,21,24)(H,22,25). The maximum atomic E-state index is 12.6. The van der Waals surface area contributed by atoms with E-state index in [9.17, 15) is 14.4 Å². The van der Waals surface area contributed by atoms with Crippen LogP contribution in [-0.2, 0) is 9.53 Å². The number of aryl methyl sites for hydroxylation is 1. The molecule has 0 atom stereocenters. The van der Waals surface area contributed by atoms with E-state index in [0.717, 1.165) is 5.56 Å². The smallest absolute Gasteiger partial charge is 0.291 e. The van der Waals surface area contributed by atoms with E-state index in [4.69, 9.17) is 9.15 Å². The average Bonchev–Trinajstić information content (AvgIpc) is 3.21. The maximum absolute atomic E-state index is 12.6. The molecule has 0 radical (unpaired) electrons. The second-order valence-electron chi connectivity index (χ2n) is 6.32. The molecule has 1 heterocycles. The number of ether oxygens (including phenoxy) is 1. The summed E-state index contributed by atoms with van der Waals surface area (Å²) in [5, 5.41) is 5.47. The molecule has 2 N–H and O–H groups in total. The number of methoxy groups -OCH3 is 1. The zero-order valence-corrected chi connectivity index (χ0v) is 16.3. The van der Waals surface area contributed by atoms with E-state index in [1.54, 1.807) is 44.5 Å². The minimum Gasteiger partial charge on any atom is -0.459 e. The number of hydrogen-bond acceptors (Lipinski definition) is 5. The van der Waals surface area contributed by atoms with Gasteiger partial charge in [-0.15, -0.1) is 0 Å². The van der Waals surface area contributed by atoms with Crippen LogP contribution in [0.3, 0.4) is 0 Å². The Hall–Kier alpha value is -3.13. The number of nitrogens with one attached hydrogen (secondary N) is 2. The third kappa shape index (κ3) is 5.95. The van der Waals surface area contributed by atoms with E-state index in [-0.39, 0.29) is 24.1 Å². The topological polar surface area (TPSA) is 101 Å². The number of carbonyl (C=O) groups excluding carboxylic acids is 3. The molecule has 1 aromatic carbocycles. The Labute approximate surface area is 163 Å². The van der Waals surface area contributed by atoms with Gasteiger partial charge in [0.2, 0.25) is 5.91 Å². The van der Waals surface area contributed by atoms with Crippen molar-refractivity contribution < 1.29 is 23.5 Å². The molecule has 28 heavy (non-hydrogen) atoms. The van der Waals surface area contributed by atoms with Crippen LogP contribution < -0.4 is 10.6 Å². The summed E-state index contributed by atoms with van der Waals surface area (Å²) in [6.45, 7) is 2.81. The van der Waals surface area contributed by atoms with Gasteiger partial charge in [-0.05, 0) is 43.2 Å². The summed E-state index contributed by atoms with van der Waals surface area (Å²) in [7, 11) is 3.15. The molecule has 2 rings (SSSR count). The van der Waals surface area contributed by atoms with Gasteiger partial charge in [-0.25, -0.2) is 0 Å². The maximum Gasteiger partial charge on any atom is 0.291 e. The van der Waals surface area contributed by atoms with Crippen LogP contribution in [0.25, 0.3) is 0 Å². The fourth-order valence-electron chi connectivity index (χ4n) is 2.49.